The Hall–Kier alpha value is -5.64. The summed E-state index contributed by atoms with van der Waals surface area (Å²) < 4.78 is 11.2. The van der Waals surface area contributed by atoms with Crippen molar-refractivity contribution in [1.29, 1.82) is 0 Å². The largest absolute Gasteiger partial charge is 0.491 e. The molecular formula is C34H30N4O6. The predicted molar refractivity (Wildman–Crippen MR) is 167 cm³/mol. The fourth-order valence-corrected chi connectivity index (χ4v) is 5.35. The number of rotatable bonds is 9. The van der Waals surface area contributed by atoms with Gasteiger partial charge in [-0.2, -0.15) is 0 Å². The second-order valence-electron chi connectivity index (χ2n) is 10.6. The summed E-state index contributed by atoms with van der Waals surface area (Å²) in [5.41, 5.74) is 15.8. The number of carbonyl (C=O) groups is 4. The molecule has 0 saturated carbocycles. The van der Waals surface area contributed by atoms with E-state index in [2.05, 4.69) is 0 Å². The van der Waals surface area contributed by atoms with E-state index in [0.717, 1.165) is 22.6 Å². The van der Waals surface area contributed by atoms with Crippen LogP contribution in [0.2, 0.25) is 0 Å². The van der Waals surface area contributed by atoms with Gasteiger partial charge in [-0.15, -0.1) is 0 Å². The summed E-state index contributed by atoms with van der Waals surface area (Å²) >= 11 is 0. The lowest BCUT2D eigenvalue weighted by atomic mass is 9.97. The van der Waals surface area contributed by atoms with E-state index in [0.29, 0.717) is 58.6 Å². The Morgan fingerprint density at radius 2 is 0.909 bits per heavy atom. The minimum atomic E-state index is -0.490. The number of imide groups is 2. The zero-order chi connectivity index (χ0) is 31.1. The van der Waals surface area contributed by atoms with Gasteiger partial charge in [0.05, 0.1) is 58.2 Å². The summed E-state index contributed by atoms with van der Waals surface area (Å²) in [4.78, 5) is 55.6. The van der Waals surface area contributed by atoms with Gasteiger partial charge in [-0.25, -0.2) is 9.80 Å². The van der Waals surface area contributed by atoms with Crippen LogP contribution in [0.25, 0.3) is 11.1 Å². The molecule has 2 aliphatic heterocycles. The summed E-state index contributed by atoms with van der Waals surface area (Å²) in [7, 11) is 0. The third-order valence-corrected chi connectivity index (χ3v) is 7.53. The number of nitrogens with two attached hydrogens (primary N) is 2. The van der Waals surface area contributed by atoms with Gasteiger partial charge in [0.25, 0.3) is 23.6 Å². The maximum Gasteiger partial charge on any atom is 0.266 e. The van der Waals surface area contributed by atoms with E-state index in [9.17, 15) is 19.2 Å². The third kappa shape index (κ3) is 4.70. The highest BCUT2D eigenvalue weighted by Crippen LogP contribution is 2.37. The summed E-state index contributed by atoms with van der Waals surface area (Å²) in [5.74, 6) is -0.937. The number of nitrogen functional groups attached to an aromatic ring is 2. The molecule has 0 radical (unpaired) electrons. The van der Waals surface area contributed by atoms with E-state index < -0.39 is 23.6 Å². The van der Waals surface area contributed by atoms with Gasteiger partial charge in [0.1, 0.15) is 11.5 Å². The number of anilines is 4. The smallest absolute Gasteiger partial charge is 0.266 e. The van der Waals surface area contributed by atoms with E-state index in [-0.39, 0.29) is 22.3 Å². The van der Waals surface area contributed by atoms with E-state index in [1.54, 1.807) is 72.8 Å². The van der Waals surface area contributed by atoms with Crippen LogP contribution >= 0.6 is 0 Å². The number of hydrogen-bond acceptors (Lipinski definition) is 8. The average molecular weight is 591 g/mol. The SMILES string of the molecule is CCCOc1ccc(N2C(=O)c3ccc(-c4ccc5c(c4)C(=O)N(c4ccc(OCCC)c(N)c4)C5=O)cc3C2=O)cc1N. The van der Waals surface area contributed by atoms with Gasteiger partial charge < -0.3 is 20.9 Å². The van der Waals surface area contributed by atoms with Crippen LogP contribution in [0.15, 0.2) is 72.8 Å². The van der Waals surface area contributed by atoms with Crippen molar-refractivity contribution >= 4 is 46.4 Å². The molecule has 0 fully saturated rings. The highest BCUT2D eigenvalue weighted by atomic mass is 16.5. The molecule has 0 saturated heterocycles. The van der Waals surface area contributed by atoms with E-state index >= 15 is 0 Å². The van der Waals surface area contributed by atoms with Crippen molar-refractivity contribution in [2.24, 2.45) is 0 Å². The van der Waals surface area contributed by atoms with Crippen molar-refractivity contribution in [2.45, 2.75) is 26.7 Å². The number of carbonyl (C=O) groups excluding carboxylic acids is 4. The fourth-order valence-electron chi connectivity index (χ4n) is 5.35. The second kappa shape index (κ2) is 11.2. The van der Waals surface area contributed by atoms with Crippen LogP contribution in [0.3, 0.4) is 0 Å². The minimum Gasteiger partial charge on any atom is -0.491 e. The first-order valence-corrected chi connectivity index (χ1v) is 14.3. The second-order valence-corrected chi connectivity index (χ2v) is 10.6. The van der Waals surface area contributed by atoms with Gasteiger partial charge in [-0.05, 0) is 84.6 Å². The number of nitrogens with zero attached hydrogens (tertiary/aromatic N) is 2. The number of benzene rings is 4. The molecule has 0 aromatic heterocycles. The van der Waals surface area contributed by atoms with E-state index in [1.165, 1.54) is 0 Å². The molecule has 0 atom stereocenters. The Kier molecular flexibility index (Phi) is 7.26. The standard InChI is InChI=1S/C34H30N4O6/c1-3-13-43-29-11-7-21(17-27(29)35)37-31(39)23-9-5-19(15-25(23)33(37)41)20-6-10-24-26(16-20)34(42)38(32(24)40)22-8-12-30(28(36)18-22)44-14-4-2/h5-12,15-18H,3-4,13-14,35-36H2,1-2H3. The molecule has 0 aliphatic carbocycles. The van der Waals surface area contributed by atoms with E-state index in [1.807, 2.05) is 13.8 Å². The lowest BCUT2D eigenvalue weighted by Crippen LogP contribution is -2.29. The third-order valence-electron chi connectivity index (χ3n) is 7.53. The highest BCUT2D eigenvalue weighted by Gasteiger charge is 2.39. The monoisotopic (exact) mass is 590 g/mol. The summed E-state index contributed by atoms with van der Waals surface area (Å²) in [6, 6.07) is 19.5. The zero-order valence-corrected chi connectivity index (χ0v) is 24.3. The first-order chi connectivity index (χ1) is 21.2. The van der Waals surface area contributed by atoms with Crippen molar-refractivity contribution in [2.75, 3.05) is 34.5 Å². The lowest BCUT2D eigenvalue weighted by molar-refractivity contribution is 0.0910. The van der Waals surface area contributed by atoms with Crippen molar-refractivity contribution in [3.8, 4) is 22.6 Å². The molecule has 2 heterocycles. The van der Waals surface area contributed by atoms with Gasteiger partial charge in [0.15, 0.2) is 0 Å². The Balaban J connectivity index is 1.27. The molecule has 0 bridgehead atoms. The van der Waals surface area contributed by atoms with Gasteiger partial charge in [-0.3, -0.25) is 19.2 Å². The molecule has 0 unspecified atom stereocenters. The zero-order valence-electron chi connectivity index (χ0n) is 24.3. The molecule has 10 nitrogen and oxygen atoms in total. The number of hydrogen-bond donors (Lipinski definition) is 2. The molecule has 4 aromatic rings. The van der Waals surface area contributed by atoms with Crippen molar-refractivity contribution in [1.82, 2.24) is 0 Å². The molecule has 6 rings (SSSR count). The Morgan fingerprint density at radius 1 is 0.523 bits per heavy atom. The van der Waals surface area contributed by atoms with Crippen LogP contribution in [0.1, 0.15) is 68.1 Å². The highest BCUT2D eigenvalue weighted by molar-refractivity contribution is 6.36. The Morgan fingerprint density at radius 3 is 1.27 bits per heavy atom. The molecular weight excluding hydrogens is 560 g/mol. The Bertz CT molecular complexity index is 1730. The maximum atomic E-state index is 13.5. The van der Waals surface area contributed by atoms with Crippen LogP contribution in [-0.4, -0.2) is 36.8 Å². The molecule has 2 aliphatic rings. The normalized spacial score (nSPS) is 13.9. The van der Waals surface area contributed by atoms with Gasteiger partial charge in [-0.1, -0.05) is 26.0 Å². The van der Waals surface area contributed by atoms with Gasteiger partial charge in [0.2, 0.25) is 0 Å². The topological polar surface area (TPSA) is 145 Å². The fraction of sp³-hybridized carbons (Fsp3) is 0.176. The molecule has 44 heavy (non-hydrogen) atoms. The van der Waals surface area contributed by atoms with Crippen molar-refractivity contribution in [3.63, 3.8) is 0 Å². The number of ether oxygens (including phenoxy) is 2. The average Bonchev–Trinajstić information content (AvgIpc) is 3.43. The van der Waals surface area contributed by atoms with Crippen molar-refractivity contribution < 1.29 is 28.7 Å². The number of fused-ring (bicyclic) bond motifs is 2. The lowest BCUT2D eigenvalue weighted by Gasteiger charge is -2.16. The molecule has 222 valence electrons. The molecule has 10 heteroatoms. The van der Waals surface area contributed by atoms with Crippen LogP contribution in [-0.2, 0) is 0 Å². The van der Waals surface area contributed by atoms with Crippen LogP contribution in [0, 0.1) is 0 Å². The summed E-state index contributed by atoms with van der Waals surface area (Å²) in [6.07, 6.45) is 1.62. The molecule has 4 amide bonds. The van der Waals surface area contributed by atoms with Crippen LogP contribution in [0.4, 0.5) is 22.7 Å². The van der Waals surface area contributed by atoms with Crippen LogP contribution in [0.5, 0.6) is 11.5 Å². The van der Waals surface area contributed by atoms with Gasteiger partial charge in [0, 0.05) is 0 Å². The molecule has 0 spiro atoms. The molecule has 4 N–H and O–H groups in total. The molecule has 4 aromatic carbocycles. The maximum absolute atomic E-state index is 13.5. The quantitative estimate of drug-likeness (QED) is 0.187. The summed E-state index contributed by atoms with van der Waals surface area (Å²) in [5, 5.41) is 0. The first-order valence-electron chi connectivity index (χ1n) is 14.3. The first kappa shape index (κ1) is 28.5. The summed E-state index contributed by atoms with van der Waals surface area (Å²) in [6.45, 7) is 4.95. The minimum absolute atomic E-state index is 0.225. The number of amides is 4. The Labute approximate surface area is 253 Å². The van der Waals surface area contributed by atoms with Crippen molar-refractivity contribution in [3.05, 3.63) is 95.1 Å². The van der Waals surface area contributed by atoms with Crippen LogP contribution < -0.4 is 30.7 Å². The van der Waals surface area contributed by atoms with E-state index in [4.69, 9.17) is 20.9 Å². The van der Waals surface area contributed by atoms with Gasteiger partial charge >= 0.3 is 0 Å². The predicted octanol–water partition coefficient (Wildman–Crippen LogP) is 5.70.